The fourth-order valence-corrected chi connectivity index (χ4v) is 2.00. The third-order valence-corrected chi connectivity index (χ3v) is 3.19. The maximum atomic E-state index is 12.0. The summed E-state index contributed by atoms with van der Waals surface area (Å²) < 4.78 is 0. The monoisotopic (exact) mass is 305 g/mol. The summed E-state index contributed by atoms with van der Waals surface area (Å²) in [7, 11) is 0. The largest absolute Gasteiger partial charge is 0.277 e. The van der Waals surface area contributed by atoms with Crippen molar-refractivity contribution in [2.24, 2.45) is 0 Å². The second-order valence-electron chi connectivity index (χ2n) is 4.87. The minimum atomic E-state index is -0.374. The lowest BCUT2D eigenvalue weighted by Gasteiger charge is -2.06. The average molecular weight is 305 g/mol. The van der Waals surface area contributed by atoms with Gasteiger partial charge in [-0.1, -0.05) is 60.7 Å². The molecule has 0 fully saturated rings. The van der Waals surface area contributed by atoms with Gasteiger partial charge in [0, 0.05) is 18.0 Å². The Morgan fingerprint density at radius 3 is 2.17 bits per heavy atom. The van der Waals surface area contributed by atoms with Crippen molar-refractivity contribution < 1.29 is 9.63 Å². The number of amides is 1. The van der Waals surface area contributed by atoms with Crippen molar-refractivity contribution in [3.05, 3.63) is 84.2 Å². The fourth-order valence-electron chi connectivity index (χ4n) is 2.00. The molecule has 23 heavy (non-hydrogen) atoms. The van der Waals surface area contributed by atoms with E-state index in [9.17, 15) is 4.79 Å². The van der Waals surface area contributed by atoms with Crippen LogP contribution in [0, 0.1) is 0 Å². The molecular formula is C18H15N3O2. The molecule has 0 bridgehead atoms. The molecule has 0 aliphatic carbocycles. The predicted octanol–water partition coefficient (Wildman–Crippen LogP) is 3.01. The number of carbonyl (C=O) groups is 1. The van der Waals surface area contributed by atoms with E-state index in [1.54, 1.807) is 0 Å². The van der Waals surface area contributed by atoms with Gasteiger partial charge in [0.2, 0.25) is 0 Å². The number of nitrogens with one attached hydrogen (secondary N) is 1. The third kappa shape index (κ3) is 3.99. The normalized spacial score (nSPS) is 10.3. The van der Waals surface area contributed by atoms with E-state index in [0.29, 0.717) is 18.0 Å². The summed E-state index contributed by atoms with van der Waals surface area (Å²) in [5.41, 5.74) is 4.61. The summed E-state index contributed by atoms with van der Waals surface area (Å²) in [4.78, 5) is 25.6. The Morgan fingerprint density at radius 2 is 1.52 bits per heavy atom. The Bertz CT molecular complexity index is 759. The zero-order chi connectivity index (χ0) is 15.9. The van der Waals surface area contributed by atoms with Gasteiger partial charge in [-0.2, -0.15) is 0 Å². The lowest BCUT2D eigenvalue weighted by molar-refractivity contribution is 0.0233. The molecule has 0 aliphatic rings. The van der Waals surface area contributed by atoms with Crippen LogP contribution in [0.5, 0.6) is 0 Å². The van der Waals surface area contributed by atoms with E-state index in [-0.39, 0.29) is 5.91 Å². The zero-order valence-corrected chi connectivity index (χ0v) is 12.3. The van der Waals surface area contributed by atoms with Crippen LogP contribution in [0.4, 0.5) is 0 Å². The smallest absolute Gasteiger partial charge is 0.269 e. The van der Waals surface area contributed by atoms with E-state index in [4.69, 9.17) is 4.84 Å². The highest BCUT2D eigenvalue weighted by molar-refractivity contribution is 5.92. The van der Waals surface area contributed by atoms with E-state index in [1.165, 1.54) is 12.4 Å². The summed E-state index contributed by atoms with van der Waals surface area (Å²) in [5, 5.41) is 0. The second-order valence-corrected chi connectivity index (χ2v) is 4.87. The van der Waals surface area contributed by atoms with Gasteiger partial charge in [0.05, 0.1) is 12.2 Å². The van der Waals surface area contributed by atoms with E-state index in [1.807, 2.05) is 60.7 Å². The number of rotatable bonds is 5. The van der Waals surface area contributed by atoms with Crippen molar-refractivity contribution >= 4 is 5.91 Å². The molecule has 0 aliphatic heterocycles. The average Bonchev–Trinajstić information content (AvgIpc) is 2.63. The lowest BCUT2D eigenvalue weighted by atomic mass is 10.2. The first-order valence-corrected chi connectivity index (χ1v) is 7.16. The molecule has 3 aromatic rings. The van der Waals surface area contributed by atoms with Gasteiger partial charge in [0.1, 0.15) is 0 Å². The Morgan fingerprint density at radius 1 is 0.913 bits per heavy atom. The molecular weight excluding hydrogens is 290 g/mol. The molecule has 5 nitrogen and oxygen atoms in total. The number of nitrogens with zero attached hydrogens (tertiary/aromatic N) is 2. The molecule has 0 unspecified atom stereocenters. The van der Waals surface area contributed by atoms with Crippen molar-refractivity contribution in [2.45, 2.75) is 6.61 Å². The van der Waals surface area contributed by atoms with Crippen LogP contribution in [0.25, 0.3) is 11.4 Å². The summed E-state index contributed by atoms with van der Waals surface area (Å²) >= 11 is 0. The number of hydrogen-bond donors (Lipinski definition) is 1. The summed E-state index contributed by atoms with van der Waals surface area (Å²) in [6.45, 7) is 0.301. The Labute approximate surface area is 133 Å². The van der Waals surface area contributed by atoms with Crippen LogP contribution in [0.3, 0.4) is 0 Å². The van der Waals surface area contributed by atoms with E-state index in [2.05, 4.69) is 15.4 Å². The molecule has 0 radical (unpaired) electrons. The van der Waals surface area contributed by atoms with Gasteiger partial charge in [-0.05, 0) is 5.56 Å². The van der Waals surface area contributed by atoms with Crippen LogP contribution in [0.2, 0.25) is 0 Å². The first-order valence-electron chi connectivity index (χ1n) is 7.16. The number of hydroxylamine groups is 1. The highest BCUT2D eigenvalue weighted by Crippen LogP contribution is 2.13. The maximum Gasteiger partial charge on any atom is 0.277 e. The van der Waals surface area contributed by atoms with Gasteiger partial charge in [-0.3, -0.25) is 9.63 Å². The Hall–Kier alpha value is -3.05. The SMILES string of the molecule is O=C(NOCc1ccccc1)c1cnc(-c2ccccc2)nc1. The van der Waals surface area contributed by atoms with Gasteiger partial charge in [0.15, 0.2) is 5.82 Å². The predicted molar refractivity (Wildman–Crippen MR) is 86.2 cm³/mol. The van der Waals surface area contributed by atoms with E-state index >= 15 is 0 Å². The molecule has 2 aromatic carbocycles. The molecule has 0 saturated heterocycles. The number of aromatic nitrogens is 2. The quantitative estimate of drug-likeness (QED) is 0.736. The van der Waals surface area contributed by atoms with Crippen LogP contribution in [-0.2, 0) is 11.4 Å². The van der Waals surface area contributed by atoms with Crippen LogP contribution < -0.4 is 5.48 Å². The van der Waals surface area contributed by atoms with Gasteiger partial charge in [-0.25, -0.2) is 15.4 Å². The van der Waals surface area contributed by atoms with Gasteiger partial charge in [0.25, 0.3) is 5.91 Å². The molecule has 5 heteroatoms. The first kappa shape index (κ1) is 14.9. The molecule has 1 amide bonds. The molecule has 1 N–H and O–H groups in total. The molecule has 1 aromatic heterocycles. The van der Waals surface area contributed by atoms with Gasteiger partial charge >= 0.3 is 0 Å². The fraction of sp³-hybridized carbons (Fsp3) is 0.0556. The van der Waals surface area contributed by atoms with Gasteiger partial charge in [-0.15, -0.1) is 0 Å². The van der Waals surface area contributed by atoms with Crippen molar-refractivity contribution in [2.75, 3.05) is 0 Å². The summed E-state index contributed by atoms with van der Waals surface area (Å²) in [6, 6.07) is 19.2. The lowest BCUT2D eigenvalue weighted by Crippen LogP contribution is -2.23. The van der Waals surface area contributed by atoms with Crippen LogP contribution in [0.15, 0.2) is 73.1 Å². The highest BCUT2D eigenvalue weighted by atomic mass is 16.6. The molecule has 0 atom stereocenters. The van der Waals surface area contributed by atoms with Crippen molar-refractivity contribution in [1.82, 2.24) is 15.4 Å². The molecule has 1 heterocycles. The molecule has 0 saturated carbocycles. The maximum absolute atomic E-state index is 12.0. The minimum absolute atomic E-state index is 0.301. The minimum Gasteiger partial charge on any atom is -0.269 e. The van der Waals surface area contributed by atoms with Gasteiger partial charge < -0.3 is 0 Å². The standard InChI is InChI=1S/C18H15N3O2/c22-18(21-23-13-14-7-3-1-4-8-14)16-11-19-17(20-12-16)15-9-5-2-6-10-15/h1-12H,13H2,(H,21,22). The third-order valence-electron chi connectivity index (χ3n) is 3.19. The first-order chi connectivity index (χ1) is 11.3. The van der Waals surface area contributed by atoms with Crippen molar-refractivity contribution in [3.8, 4) is 11.4 Å². The Kier molecular flexibility index (Phi) is 4.71. The zero-order valence-electron chi connectivity index (χ0n) is 12.3. The molecule has 0 spiro atoms. The number of hydrogen-bond acceptors (Lipinski definition) is 4. The van der Waals surface area contributed by atoms with Crippen LogP contribution in [-0.4, -0.2) is 15.9 Å². The highest BCUT2D eigenvalue weighted by Gasteiger charge is 2.08. The summed E-state index contributed by atoms with van der Waals surface area (Å²) in [6.07, 6.45) is 2.97. The van der Waals surface area contributed by atoms with Crippen LogP contribution >= 0.6 is 0 Å². The Balaban J connectivity index is 1.58. The van der Waals surface area contributed by atoms with E-state index < -0.39 is 0 Å². The van der Waals surface area contributed by atoms with E-state index in [0.717, 1.165) is 11.1 Å². The number of benzene rings is 2. The van der Waals surface area contributed by atoms with Crippen molar-refractivity contribution in [1.29, 1.82) is 0 Å². The molecule has 114 valence electrons. The van der Waals surface area contributed by atoms with Crippen LogP contribution in [0.1, 0.15) is 15.9 Å². The molecule has 3 rings (SSSR count). The number of carbonyl (C=O) groups excluding carboxylic acids is 1. The summed E-state index contributed by atoms with van der Waals surface area (Å²) in [5.74, 6) is 0.202. The van der Waals surface area contributed by atoms with Crippen molar-refractivity contribution in [3.63, 3.8) is 0 Å². The second kappa shape index (κ2) is 7.29. The topological polar surface area (TPSA) is 64.1 Å².